The molecule has 0 amide bonds. The average molecular weight is 495 g/mol. The second-order valence-electron chi connectivity index (χ2n) is 11.7. The third kappa shape index (κ3) is 5.32. The monoisotopic (exact) mass is 494 g/mol. The second kappa shape index (κ2) is 8.95. The van der Waals surface area contributed by atoms with Crippen molar-refractivity contribution in [1.29, 1.82) is 0 Å². The van der Waals surface area contributed by atoms with E-state index in [0.29, 0.717) is 24.0 Å². The number of esters is 2. The number of carbonyl (C=O) groups excluding carboxylic acids is 2. The molecular weight excluding hydrogens is 460 g/mol. The molecule has 0 aromatic heterocycles. The molecule has 192 valence electrons. The molecule has 2 aromatic carbocycles. The molecule has 4 atom stereocenters. The highest BCUT2D eigenvalue weighted by molar-refractivity contribution is 5.90. The molecule has 2 aromatic rings. The Labute approximate surface area is 212 Å². The van der Waals surface area contributed by atoms with Gasteiger partial charge < -0.3 is 9.47 Å². The van der Waals surface area contributed by atoms with Crippen LogP contribution in [0, 0.1) is 0 Å². The van der Waals surface area contributed by atoms with E-state index in [-0.39, 0.29) is 47.7 Å². The van der Waals surface area contributed by atoms with Gasteiger partial charge in [-0.15, -0.1) is 10.1 Å². The molecule has 36 heavy (non-hydrogen) atoms. The Balaban J connectivity index is 1.05. The van der Waals surface area contributed by atoms with Crippen LogP contribution in [-0.4, -0.2) is 45.4 Å². The number of nitrogens with zero attached hydrogens (tertiary/aromatic N) is 2. The number of hydrogen-bond donors (Lipinski definition) is 0. The summed E-state index contributed by atoms with van der Waals surface area (Å²) < 4.78 is 11.2. The van der Waals surface area contributed by atoms with Crippen molar-refractivity contribution in [2.75, 3.05) is 0 Å². The number of rotatable bonds is 6. The Hall–Kier alpha value is -2.78. The summed E-state index contributed by atoms with van der Waals surface area (Å²) in [5.41, 5.74) is 2.84. The lowest BCUT2D eigenvalue weighted by atomic mass is 9.91. The van der Waals surface area contributed by atoms with Crippen LogP contribution < -0.4 is 0 Å². The molecule has 2 heterocycles. The lowest BCUT2D eigenvalue weighted by Crippen LogP contribution is -2.40. The molecule has 5 rings (SSSR count). The summed E-state index contributed by atoms with van der Waals surface area (Å²) in [4.78, 5) is 36.3. The molecule has 8 nitrogen and oxygen atoms in total. The minimum absolute atomic E-state index is 0.0739. The standard InChI is InChI=1S/C28H34N2O6/c1-27(2,3)29-23(35-29)17-7-11-19(12-8-17)25(31)33-21-15-22(16-21)34-26(32)20-13-9-18(10-14-20)24-30(36-24)28(4,5)6/h7-14,21-24H,15-16H2,1-6H3. The maximum Gasteiger partial charge on any atom is 0.338 e. The third-order valence-corrected chi connectivity index (χ3v) is 6.55. The first-order valence-electron chi connectivity index (χ1n) is 12.4. The van der Waals surface area contributed by atoms with Gasteiger partial charge in [-0.1, -0.05) is 24.3 Å². The number of hydrogen-bond acceptors (Lipinski definition) is 8. The largest absolute Gasteiger partial charge is 0.458 e. The predicted octanol–water partition coefficient (Wildman–Crippen LogP) is 5.32. The van der Waals surface area contributed by atoms with Gasteiger partial charge in [0.1, 0.15) is 12.2 Å². The van der Waals surface area contributed by atoms with Crippen LogP contribution in [0.1, 0.15) is 98.7 Å². The molecule has 0 radical (unpaired) electrons. The zero-order valence-electron chi connectivity index (χ0n) is 21.7. The normalized spacial score (nSPS) is 29.2. The molecule has 2 aliphatic heterocycles. The van der Waals surface area contributed by atoms with E-state index in [1.807, 2.05) is 34.4 Å². The smallest absolute Gasteiger partial charge is 0.338 e. The van der Waals surface area contributed by atoms with Gasteiger partial charge in [-0.25, -0.2) is 9.59 Å². The van der Waals surface area contributed by atoms with E-state index in [0.717, 1.165) is 11.1 Å². The van der Waals surface area contributed by atoms with E-state index in [4.69, 9.17) is 19.1 Å². The maximum absolute atomic E-state index is 12.5. The van der Waals surface area contributed by atoms with Crippen molar-refractivity contribution >= 4 is 11.9 Å². The molecule has 0 bridgehead atoms. The van der Waals surface area contributed by atoms with Crippen molar-refractivity contribution in [3.05, 3.63) is 70.8 Å². The molecule has 0 N–H and O–H groups in total. The second-order valence-corrected chi connectivity index (χ2v) is 11.7. The summed E-state index contributed by atoms with van der Waals surface area (Å²) in [6.45, 7) is 12.5. The zero-order valence-corrected chi connectivity index (χ0v) is 21.7. The summed E-state index contributed by atoms with van der Waals surface area (Å²) in [6, 6.07) is 14.6. The Morgan fingerprint density at radius 2 is 1.00 bits per heavy atom. The van der Waals surface area contributed by atoms with Gasteiger partial charge in [-0.3, -0.25) is 9.68 Å². The predicted molar refractivity (Wildman–Crippen MR) is 131 cm³/mol. The van der Waals surface area contributed by atoms with Crippen LogP contribution in [0.4, 0.5) is 0 Å². The van der Waals surface area contributed by atoms with E-state index in [2.05, 4.69) is 41.5 Å². The Morgan fingerprint density at radius 3 is 1.28 bits per heavy atom. The molecule has 3 aliphatic rings. The molecule has 2 saturated heterocycles. The van der Waals surface area contributed by atoms with Crippen molar-refractivity contribution in [3.63, 3.8) is 0 Å². The zero-order chi connectivity index (χ0) is 25.8. The van der Waals surface area contributed by atoms with E-state index in [9.17, 15) is 9.59 Å². The number of hydroxylamine groups is 4. The minimum Gasteiger partial charge on any atom is -0.458 e. The first kappa shape index (κ1) is 24.9. The minimum atomic E-state index is -0.372. The lowest BCUT2D eigenvalue weighted by molar-refractivity contribution is -0.0594. The first-order chi connectivity index (χ1) is 16.9. The number of ether oxygens (including phenoxy) is 2. The van der Waals surface area contributed by atoms with Crippen LogP contribution in [0.5, 0.6) is 0 Å². The third-order valence-electron chi connectivity index (χ3n) is 6.55. The molecule has 1 saturated carbocycles. The van der Waals surface area contributed by atoms with Gasteiger partial charge in [0, 0.05) is 23.9 Å². The summed E-state index contributed by atoms with van der Waals surface area (Å²) in [6.07, 6.45) is 0.343. The van der Waals surface area contributed by atoms with E-state index >= 15 is 0 Å². The molecule has 3 fully saturated rings. The van der Waals surface area contributed by atoms with Crippen LogP contribution in [0.2, 0.25) is 0 Å². The number of benzene rings is 2. The van der Waals surface area contributed by atoms with Gasteiger partial charge in [0.15, 0.2) is 12.5 Å². The highest BCUT2D eigenvalue weighted by Crippen LogP contribution is 2.44. The van der Waals surface area contributed by atoms with Crippen LogP contribution in [0.15, 0.2) is 48.5 Å². The van der Waals surface area contributed by atoms with Crippen molar-refractivity contribution < 1.29 is 28.7 Å². The molecule has 4 unspecified atom stereocenters. The SMILES string of the molecule is CC(C)(C)N1OC1c1ccc(C(=O)OC2CC(OC(=O)c3ccc(C4ON4C(C)(C)C)cc3)C2)cc1. The number of carbonyl (C=O) groups is 2. The highest BCUT2D eigenvalue weighted by atomic mass is 16.8. The van der Waals surface area contributed by atoms with Gasteiger partial charge in [-0.2, -0.15) is 0 Å². The van der Waals surface area contributed by atoms with Crippen LogP contribution in [0.3, 0.4) is 0 Å². The molecule has 8 heteroatoms. The molecule has 0 spiro atoms. The van der Waals surface area contributed by atoms with Gasteiger partial charge in [0.25, 0.3) is 0 Å². The fraction of sp³-hybridized carbons (Fsp3) is 0.500. The van der Waals surface area contributed by atoms with Crippen molar-refractivity contribution in [3.8, 4) is 0 Å². The fourth-order valence-corrected chi connectivity index (χ4v) is 4.29. The summed E-state index contributed by atoms with van der Waals surface area (Å²) >= 11 is 0. The van der Waals surface area contributed by atoms with Crippen molar-refractivity contribution in [2.24, 2.45) is 0 Å². The molecule has 1 aliphatic carbocycles. The topological polar surface area (TPSA) is 83.7 Å². The Bertz CT molecular complexity index is 1040. The van der Waals surface area contributed by atoms with Gasteiger partial charge in [0.05, 0.1) is 11.1 Å². The summed E-state index contributed by atoms with van der Waals surface area (Å²) in [5, 5.41) is 3.85. The fourth-order valence-electron chi connectivity index (χ4n) is 4.29. The quantitative estimate of drug-likeness (QED) is 0.394. The summed E-state index contributed by atoms with van der Waals surface area (Å²) in [5.74, 6) is -0.745. The first-order valence-corrected chi connectivity index (χ1v) is 12.4. The van der Waals surface area contributed by atoms with E-state index in [1.54, 1.807) is 24.3 Å². The van der Waals surface area contributed by atoms with E-state index < -0.39 is 0 Å². The van der Waals surface area contributed by atoms with Crippen molar-refractivity contribution in [2.45, 2.75) is 90.1 Å². The lowest BCUT2D eigenvalue weighted by Gasteiger charge is -2.34. The van der Waals surface area contributed by atoms with Gasteiger partial charge in [0.2, 0.25) is 0 Å². The van der Waals surface area contributed by atoms with Crippen LogP contribution in [-0.2, 0) is 19.1 Å². The Kier molecular flexibility index (Phi) is 6.19. The van der Waals surface area contributed by atoms with Gasteiger partial charge in [-0.05, 0) is 76.9 Å². The Morgan fingerprint density at radius 1 is 0.667 bits per heavy atom. The van der Waals surface area contributed by atoms with E-state index in [1.165, 1.54) is 0 Å². The van der Waals surface area contributed by atoms with Crippen LogP contribution in [0.25, 0.3) is 0 Å². The van der Waals surface area contributed by atoms with Gasteiger partial charge >= 0.3 is 11.9 Å². The van der Waals surface area contributed by atoms with Crippen molar-refractivity contribution in [1.82, 2.24) is 10.1 Å². The average Bonchev–Trinajstić information content (AvgIpc) is 3.69. The van der Waals surface area contributed by atoms with Crippen LogP contribution >= 0.6 is 0 Å². The maximum atomic E-state index is 12.5. The highest BCUT2D eigenvalue weighted by Gasteiger charge is 2.46. The summed E-state index contributed by atoms with van der Waals surface area (Å²) in [7, 11) is 0. The molecular formula is C28H34N2O6.